The highest BCUT2D eigenvalue weighted by molar-refractivity contribution is 5.70. The van der Waals surface area contributed by atoms with Crippen molar-refractivity contribution in [1.82, 2.24) is 0 Å². The number of allylic oxidation sites excluding steroid dienone is 12. The lowest BCUT2D eigenvalue weighted by molar-refractivity contribution is -0.870. The summed E-state index contributed by atoms with van der Waals surface area (Å²) in [6.45, 7) is 4.57. The van der Waals surface area contributed by atoms with Gasteiger partial charge in [-0.1, -0.05) is 267 Å². The molecule has 0 spiro atoms. The fourth-order valence-electron chi connectivity index (χ4n) is 9.04. The molecule has 77 heavy (non-hydrogen) atoms. The normalized spacial score (nSPS) is 13.2. The van der Waals surface area contributed by atoms with Gasteiger partial charge in [-0.3, -0.25) is 9.59 Å². The molecular formula is C68H121NO8. The maximum atomic E-state index is 12.9. The van der Waals surface area contributed by atoms with Crippen LogP contribution in [0.1, 0.15) is 284 Å². The predicted octanol–water partition coefficient (Wildman–Crippen LogP) is 18.0. The third-order valence-electron chi connectivity index (χ3n) is 13.9. The average Bonchev–Trinajstić information content (AvgIpc) is 3.40. The summed E-state index contributed by atoms with van der Waals surface area (Å²) in [6, 6.07) is 0. The van der Waals surface area contributed by atoms with Crippen molar-refractivity contribution in [2.75, 3.05) is 47.5 Å². The number of carboxylic acid groups (broad SMARTS) is 1. The number of likely N-dealkylation sites (N-methyl/N-ethyl adjacent to an activating group) is 1. The first-order valence-corrected chi connectivity index (χ1v) is 32.1. The minimum Gasteiger partial charge on any atom is -0.545 e. The predicted molar refractivity (Wildman–Crippen MR) is 325 cm³/mol. The number of carbonyl (C=O) groups is 3. The van der Waals surface area contributed by atoms with Crippen LogP contribution < -0.4 is 5.11 Å². The lowest BCUT2D eigenvalue weighted by Crippen LogP contribution is -2.44. The maximum Gasteiger partial charge on any atom is 0.306 e. The average molecular weight is 1080 g/mol. The molecule has 0 saturated carbocycles. The van der Waals surface area contributed by atoms with E-state index in [-0.39, 0.29) is 38.6 Å². The zero-order chi connectivity index (χ0) is 56.2. The van der Waals surface area contributed by atoms with Gasteiger partial charge >= 0.3 is 11.9 Å². The van der Waals surface area contributed by atoms with Crippen LogP contribution in [0.3, 0.4) is 0 Å². The van der Waals surface area contributed by atoms with Crippen LogP contribution in [0.5, 0.6) is 0 Å². The molecule has 0 aliphatic heterocycles. The Morgan fingerprint density at radius 1 is 0.403 bits per heavy atom. The summed E-state index contributed by atoms with van der Waals surface area (Å²) in [5.74, 6) is -2.29. The van der Waals surface area contributed by atoms with Crippen LogP contribution in [-0.2, 0) is 33.3 Å². The molecule has 0 N–H and O–H groups in total. The fraction of sp³-hybridized carbons (Fsp3) is 0.779. The van der Waals surface area contributed by atoms with Gasteiger partial charge in [0, 0.05) is 12.8 Å². The number of quaternary nitrogens is 1. The lowest BCUT2D eigenvalue weighted by Gasteiger charge is -2.26. The van der Waals surface area contributed by atoms with Gasteiger partial charge in [0.25, 0.3) is 0 Å². The van der Waals surface area contributed by atoms with Crippen LogP contribution >= 0.6 is 0 Å². The van der Waals surface area contributed by atoms with Crippen molar-refractivity contribution in [1.29, 1.82) is 0 Å². The molecule has 0 aliphatic carbocycles. The molecule has 446 valence electrons. The van der Waals surface area contributed by atoms with Gasteiger partial charge in [0.05, 0.1) is 40.3 Å². The second-order valence-electron chi connectivity index (χ2n) is 22.7. The Hall–Kier alpha value is -3.27. The second-order valence-corrected chi connectivity index (χ2v) is 22.7. The first kappa shape index (κ1) is 73.7. The number of hydrogen-bond donors (Lipinski definition) is 0. The van der Waals surface area contributed by atoms with E-state index in [2.05, 4.69) is 86.8 Å². The van der Waals surface area contributed by atoms with E-state index < -0.39 is 24.3 Å². The smallest absolute Gasteiger partial charge is 0.306 e. The molecule has 0 amide bonds. The van der Waals surface area contributed by atoms with E-state index in [1.54, 1.807) is 0 Å². The molecule has 0 saturated heterocycles. The summed E-state index contributed by atoms with van der Waals surface area (Å²) in [4.78, 5) is 37.2. The maximum absolute atomic E-state index is 12.9. The van der Waals surface area contributed by atoms with Crippen LogP contribution in [0.25, 0.3) is 0 Å². The van der Waals surface area contributed by atoms with Gasteiger partial charge in [0.2, 0.25) is 0 Å². The van der Waals surface area contributed by atoms with Crippen LogP contribution in [-0.4, -0.2) is 82.3 Å². The summed E-state index contributed by atoms with van der Waals surface area (Å²) in [6.07, 6.45) is 74.3. The van der Waals surface area contributed by atoms with E-state index >= 15 is 0 Å². The molecule has 0 aromatic rings. The van der Waals surface area contributed by atoms with Gasteiger partial charge in [-0.05, 0) is 77.0 Å². The molecule has 0 radical (unpaired) electrons. The number of carbonyl (C=O) groups excluding carboxylic acids is 3. The summed E-state index contributed by atoms with van der Waals surface area (Å²) in [7, 11) is 5.92. The van der Waals surface area contributed by atoms with Crippen molar-refractivity contribution in [2.24, 2.45) is 0 Å². The van der Waals surface area contributed by atoms with Gasteiger partial charge in [-0.2, -0.15) is 0 Å². The quantitative estimate of drug-likeness (QED) is 0.0195. The van der Waals surface area contributed by atoms with Crippen molar-refractivity contribution in [2.45, 2.75) is 296 Å². The number of hydrogen-bond acceptors (Lipinski definition) is 8. The topological polar surface area (TPSA) is 111 Å². The Morgan fingerprint density at radius 3 is 1.10 bits per heavy atom. The minimum atomic E-state index is -1.62. The first-order valence-electron chi connectivity index (χ1n) is 32.1. The molecule has 0 rings (SSSR count). The zero-order valence-corrected chi connectivity index (χ0v) is 50.8. The molecule has 0 fully saturated rings. The summed E-state index contributed by atoms with van der Waals surface area (Å²) in [5.41, 5.74) is 0. The highest BCUT2D eigenvalue weighted by atomic mass is 16.7. The Labute approximate surface area is 475 Å². The molecule has 0 heterocycles. The lowest BCUT2D eigenvalue weighted by atomic mass is 10.0. The third kappa shape index (κ3) is 60.2. The number of esters is 2. The highest BCUT2D eigenvalue weighted by Crippen LogP contribution is 2.18. The van der Waals surface area contributed by atoms with Crippen molar-refractivity contribution >= 4 is 17.9 Å². The van der Waals surface area contributed by atoms with Gasteiger partial charge < -0.3 is 33.3 Å². The first-order chi connectivity index (χ1) is 37.6. The Kier molecular flexibility index (Phi) is 56.4. The largest absolute Gasteiger partial charge is 0.545 e. The minimum absolute atomic E-state index is 0.145. The molecule has 0 aromatic heterocycles. The van der Waals surface area contributed by atoms with E-state index in [1.165, 1.54) is 161 Å². The van der Waals surface area contributed by atoms with Crippen molar-refractivity contribution in [3.63, 3.8) is 0 Å². The van der Waals surface area contributed by atoms with Gasteiger partial charge in [-0.25, -0.2) is 0 Å². The third-order valence-corrected chi connectivity index (χ3v) is 13.9. The molecule has 2 unspecified atom stereocenters. The Bertz CT molecular complexity index is 1490. The molecule has 9 heteroatoms. The van der Waals surface area contributed by atoms with Crippen molar-refractivity contribution in [3.05, 3.63) is 72.9 Å². The van der Waals surface area contributed by atoms with Gasteiger partial charge in [0.1, 0.15) is 13.2 Å². The SMILES string of the molecule is CC/C=C\C/C=C\C/C=C\C/C=C\CCCCCCCCCCCCCCCCCCCCCCCCCCCCC(=O)OC(COC(=O)CCCCCCC/C=C\C/C=C\CCC)COC(OCC[N+](C)(C)C)C(=O)[O-]. The van der Waals surface area contributed by atoms with E-state index in [0.29, 0.717) is 17.4 Å². The Balaban J connectivity index is 3.94. The van der Waals surface area contributed by atoms with Crippen LogP contribution in [0, 0.1) is 0 Å². The summed E-state index contributed by atoms with van der Waals surface area (Å²) in [5, 5.41) is 11.8. The molecule has 0 aromatic carbocycles. The number of ether oxygens (including phenoxy) is 4. The summed E-state index contributed by atoms with van der Waals surface area (Å²) >= 11 is 0. The van der Waals surface area contributed by atoms with E-state index in [4.69, 9.17) is 18.9 Å². The van der Waals surface area contributed by atoms with Crippen LogP contribution in [0.4, 0.5) is 0 Å². The number of unbranched alkanes of at least 4 members (excludes halogenated alkanes) is 32. The number of nitrogens with zero attached hydrogens (tertiary/aromatic N) is 1. The van der Waals surface area contributed by atoms with Crippen LogP contribution in [0.15, 0.2) is 72.9 Å². The van der Waals surface area contributed by atoms with Crippen molar-refractivity contribution in [3.8, 4) is 0 Å². The number of carboxylic acids is 1. The molecule has 9 nitrogen and oxygen atoms in total. The van der Waals surface area contributed by atoms with E-state index in [0.717, 1.165) is 89.9 Å². The zero-order valence-electron chi connectivity index (χ0n) is 50.8. The second kappa shape index (κ2) is 58.9. The molecule has 2 atom stereocenters. The molecule has 0 aliphatic rings. The Morgan fingerprint density at radius 2 is 0.740 bits per heavy atom. The summed E-state index contributed by atoms with van der Waals surface area (Å²) < 4.78 is 22.7. The van der Waals surface area contributed by atoms with Crippen molar-refractivity contribution < 1.29 is 42.9 Å². The van der Waals surface area contributed by atoms with E-state index in [1.807, 2.05) is 21.1 Å². The van der Waals surface area contributed by atoms with Crippen LogP contribution in [0.2, 0.25) is 0 Å². The van der Waals surface area contributed by atoms with Gasteiger partial charge in [0.15, 0.2) is 12.4 Å². The fourth-order valence-corrected chi connectivity index (χ4v) is 9.04. The molecular weight excluding hydrogens is 959 g/mol. The number of rotatable bonds is 59. The highest BCUT2D eigenvalue weighted by Gasteiger charge is 2.22. The van der Waals surface area contributed by atoms with Gasteiger partial charge in [-0.15, -0.1) is 0 Å². The standard InChI is InChI=1S/C68H121NO8/c1-6-8-10-12-14-16-18-20-21-22-23-24-25-26-27-28-29-30-31-32-33-34-35-36-37-38-39-40-41-42-43-44-45-47-49-51-53-55-57-59-66(71)77-64(63-76-68(67(72)73)74-61-60-69(3,4)5)62-75-65(70)58-56-54-52-50-48-46-19-17-15-13-11-9-7-2/h8,10-11,13-14,16-17,19-21,23-24,64,68H,6-7,9,12,15,18,22,25-63H2,1-5H3/b10-8-,13-11-,16-14-,19-17-,21-20-,24-23-. The number of aliphatic carboxylic acids is 1. The monoisotopic (exact) mass is 1080 g/mol. The molecule has 0 bridgehead atoms. The van der Waals surface area contributed by atoms with E-state index in [9.17, 15) is 19.5 Å².